The quantitative estimate of drug-likeness (QED) is 0.534. The summed E-state index contributed by atoms with van der Waals surface area (Å²) in [5, 5.41) is 1.28. The molecule has 4 heterocycles. The second-order valence-corrected chi connectivity index (χ2v) is 9.50. The summed E-state index contributed by atoms with van der Waals surface area (Å²) in [7, 11) is 0. The molecule has 1 fully saturated rings. The zero-order valence-corrected chi connectivity index (χ0v) is 19.7. The van der Waals surface area contributed by atoms with Crippen molar-refractivity contribution < 1.29 is 14.2 Å². The lowest BCUT2D eigenvalue weighted by Gasteiger charge is -2.25. The Kier molecular flexibility index (Phi) is 7.40. The van der Waals surface area contributed by atoms with Crippen molar-refractivity contribution in [3.63, 3.8) is 0 Å². The highest BCUT2D eigenvalue weighted by Gasteiger charge is 2.22. The molecule has 1 aromatic carbocycles. The number of aromatic nitrogens is 1. The molecule has 5 nitrogen and oxygen atoms in total. The van der Waals surface area contributed by atoms with Crippen LogP contribution in [0.5, 0.6) is 0 Å². The number of dihydropyridines is 1. The van der Waals surface area contributed by atoms with E-state index >= 15 is 0 Å². The third kappa shape index (κ3) is 5.48. The van der Waals surface area contributed by atoms with Gasteiger partial charge < -0.3 is 18.8 Å². The maximum absolute atomic E-state index is 6.17. The van der Waals surface area contributed by atoms with Gasteiger partial charge in [0.15, 0.2) is 0 Å². The standard InChI is InChI=1S/C28H36N2O3/c1-21-15-23-16-24(19-29-18-23)26-20-30(28-8-4-6-12-33-28)27-10-9-22(17-25(26)27)7-3-2-5-11-31-13-14-32-21/h3,7,9-10,16-17,19-21,23,28H,2,4-6,8,11-15,18H2,1H3/b7-3-/t21-,23?,28?/m1/s1. The van der Waals surface area contributed by atoms with E-state index in [1.807, 2.05) is 0 Å². The summed E-state index contributed by atoms with van der Waals surface area (Å²) in [6.45, 7) is 5.92. The van der Waals surface area contributed by atoms with E-state index in [0.29, 0.717) is 19.1 Å². The molecule has 3 aliphatic heterocycles. The topological polar surface area (TPSA) is 45.0 Å². The minimum atomic E-state index is 0.114. The van der Waals surface area contributed by atoms with Crippen molar-refractivity contribution in [1.29, 1.82) is 0 Å². The van der Waals surface area contributed by atoms with Crippen LogP contribution in [0.15, 0.2) is 41.5 Å². The molecule has 0 aliphatic carbocycles. The SMILES string of the molecule is C[C@@H]1CC2C=C(C=NC2)c2cn(C3CCCCO3)c3ccc(cc23)/C=C\CCCOCCO1. The highest BCUT2D eigenvalue weighted by atomic mass is 16.5. The molecule has 0 radical (unpaired) electrons. The lowest BCUT2D eigenvalue weighted by atomic mass is 9.93. The van der Waals surface area contributed by atoms with Crippen LogP contribution in [-0.4, -0.2) is 49.9 Å². The van der Waals surface area contributed by atoms with Gasteiger partial charge in [-0.1, -0.05) is 24.3 Å². The Labute approximate surface area is 197 Å². The largest absolute Gasteiger partial charge is 0.379 e. The summed E-state index contributed by atoms with van der Waals surface area (Å²) in [6, 6.07) is 6.80. The number of rotatable bonds is 1. The van der Waals surface area contributed by atoms with Crippen LogP contribution >= 0.6 is 0 Å². The van der Waals surface area contributed by atoms with E-state index in [1.54, 1.807) is 0 Å². The molecular formula is C28H36N2O3. The highest BCUT2D eigenvalue weighted by Crippen LogP contribution is 2.35. The van der Waals surface area contributed by atoms with Gasteiger partial charge in [0.1, 0.15) is 6.23 Å². The average molecular weight is 449 g/mol. The molecular weight excluding hydrogens is 412 g/mol. The number of hydrogen-bond acceptors (Lipinski definition) is 4. The number of benzene rings is 1. The van der Waals surface area contributed by atoms with Crippen LogP contribution in [0.25, 0.3) is 22.6 Å². The number of allylic oxidation sites excluding steroid dienone is 2. The maximum Gasteiger partial charge on any atom is 0.133 e. The van der Waals surface area contributed by atoms with Gasteiger partial charge in [-0.15, -0.1) is 0 Å². The van der Waals surface area contributed by atoms with Gasteiger partial charge in [-0.2, -0.15) is 0 Å². The van der Waals surface area contributed by atoms with Crippen LogP contribution in [0, 0.1) is 5.92 Å². The Hall–Kier alpha value is -2.21. The van der Waals surface area contributed by atoms with Gasteiger partial charge in [0.05, 0.1) is 24.8 Å². The van der Waals surface area contributed by atoms with E-state index < -0.39 is 0 Å². The van der Waals surface area contributed by atoms with Crippen LogP contribution < -0.4 is 0 Å². The van der Waals surface area contributed by atoms with Gasteiger partial charge in [-0.05, 0) is 74.6 Å². The second-order valence-electron chi connectivity index (χ2n) is 9.50. The average Bonchev–Trinajstić information content (AvgIpc) is 3.22. The van der Waals surface area contributed by atoms with Crippen LogP contribution in [0.1, 0.15) is 62.8 Å². The zero-order valence-electron chi connectivity index (χ0n) is 19.7. The summed E-state index contributed by atoms with van der Waals surface area (Å²) in [5.74, 6) is 0.382. The summed E-state index contributed by atoms with van der Waals surface area (Å²) in [4.78, 5) is 4.75. The lowest BCUT2D eigenvalue weighted by Crippen LogP contribution is -2.19. The van der Waals surface area contributed by atoms with Gasteiger partial charge >= 0.3 is 0 Å². The molecule has 1 saturated heterocycles. The van der Waals surface area contributed by atoms with Crippen molar-refractivity contribution in [3.05, 3.63) is 47.7 Å². The fourth-order valence-electron chi connectivity index (χ4n) is 5.15. The second kappa shape index (κ2) is 10.8. The van der Waals surface area contributed by atoms with E-state index in [0.717, 1.165) is 51.9 Å². The molecule has 2 unspecified atom stereocenters. The van der Waals surface area contributed by atoms with Crippen molar-refractivity contribution in [2.75, 3.05) is 33.0 Å². The predicted molar refractivity (Wildman–Crippen MR) is 135 cm³/mol. The van der Waals surface area contributed by atoms with Gasteiger partial charge in [-0.3, -0.25) is 4.99 Å². The Bertz CT molecular complexity index is 1030. The Balaban J connectivity index is 1.54. The van der Waals surface area contributed by atoms with Crippen LogP contribution in [-0.2, 0) is 14.2 Å². The zero-order chi connectivity index (χ0) is 22.5. The van der Waals surface area contributed by atoms with Gasteiger partial charge in [0.25, 0.3) is 0 Å². The molecule has 33 heavy (non-hydrogen) atoms. The van der Waals surface area contributed by atoms with Crippen LogP contribution in [0.2, 0.25) is 0 Å². The molecule has 3 aliphatic rings. The van der Waals surface area contributed by atoms with E-state index in [1.165, 1.54) is 34.0 Å². The fourth-order valence-corrected chi connectivity index (χ4v) is 5.15. The molecule has 0 saturated carbocycles. The van der Waals surface area contributed by atoms with E-state index in [2.05, 4.69) is 60.3 Å². The van der Waals surface area contributed by atoms with Crippen molar-refractivity contribution in [2.45, 2.75) is 57.8 Å². The summed E-state index contributed by atoms with van der Waals surface area (Å²) < 4.78 is 20.3. The summed E-state index contributed by atoms with van der Waals surface area (Å²) in [6.07, 6.45) is 18.0. The smallest absolute Gasteiger partial charge is 0.133 e. The molecule has 5 rings (SSSR count). The Morgan fingerprint density at radius 2 is 2.00 bits per heavy atom. The number of nitrogens with zero attached hydrogens (tertiary/aromatic N) is 2. The monoisotopic (exact) mass is 448 g/mol. The summed E-state index contributed by atoms with van der Waals surface area (Å²) >= 11 is 0. The Morgan fingerprint density at radius 3 is 2.91 bits per heavy atom. The molecule has 4 bridgehead atoms. The van der Waals surface area contributed by atoms with E-state index in [4.69, 9.17) is 19.2 Å². The minimum Gasteiger partial charge on any atom is -0.379 e. The van der Waals surface area contributed by atoms with Gasteiger partial charge in [-0.25, -0.2) is 0 Å². The lowest BCUT2D eigenvalue weighted by molar-refractivity contribution is -0.0292. The molecule has 0 N–H and O–H groups in total. The molecule has 1 aromatic heterocycles. The van der Waals surface area contributed by atoms with Crippen molar-refractivity contribution in [1.82, 2.24) is 4.57 Å². The molecule has 176 valence electrons. The number of ether oxygens (including phenoxy) is 3. The predicted octanol–water partition coefficient (Wildman–Crippen LogP) is 6.04. The normalized spacial score (nSPS) is 28.3. The molecule has 2 aromatic rings. The van der Waals surface area contributed by atoms with Crippen molar-refractivity contribution in [3.8, 4) is 0 Å². The van der Waals surface area contributed by atoms with E-state index in [9.17, 15) is 0 Å². The Morgan fingerprint density at radius 1 is 1.03 bits per heavy atom. The van der Waals surface area contributed by atoms with Crippen molar-refractivity contribution >= 4 is 28.8 Å². The molecule has 3 atom stereocenters. The first-order valence-electron chi connectivity index (χ1n) is 12.6. The van der Waals surface area contributed by atoms with Crippen molar-refractivity contribution in [2.24, 2.45) is 10.9 Å². The first-order valence-corrected chi connectivity index (χ1v) is 12.6. The van der Waals surface area contributed by atoms with Crippen LogP contribution in [0.3, 0.4) is 0 Å². The molecule has 5 heteroatoms. The third-order valence-corrected chi connectivity index (χ3v) is 6.85. The molecule has 0 spiro atoms. The van der Waals surface area contributed by atoms with Gasteiger partial charge in [0, 0.05) is 43.1 Å². The van der Waals surface area contributed by atoms with Crippen LogP contribution in [0.4, 0.5) is 0 Å². The van der Waals surface area contributed by atoms with E-state index in [-0.39, 0.29) is 12.3 Å². The fraction of sp³-hybridized carbons (Fsp3) is 0.536. The first kappa shape index (κ1) is 22.6. The maximum atomic E-state index is 6.17. The number of hydrogen-bond donors (Lipinski definition) is 0. The number of fused-ring (bicyclic) bond motifs is 3. The highest BCUT2D eigenvalue weighted by molar-refractivity contribution is 6.15. The summed E-state index contributed by atoms with van der Waals surface area (Å²) in [5.41, 5.74) is 4.94. The van der Waals surface area contributed by atoms with Gasteiger partial charge in [0.2, 0.25) is 0 Å². The third-order valence-electron chi connectivity index (χ3n) is 6.85. The number of aliphatic imine (C=N–C) groups is 1. The molecule has 0 amide bonds. The first-order chi connectivity index (χ1) is 16.3. The minimum absolute atomic E-state index is 0.114.